The molecule has 1 aromatic heterocycles. The first-order chi connectivity index (χ1) is 13.2. The minimum Gasteiger partial charge on any atom is -0.292 e. The van der Waals surface area contributed by atoms with Gasteiger partial charge in [0.1, 0.15) is 7.05 Å². The molecule has 0 aliphatic heterocycles. The van der Waals surface area contributed by atoms with Gasteiger partial charge in [0.2, 0.25) is 5.69 Å². The Kier molecular flexibility index (Phi) is 4.97. The second kappa shape index (κ2) is 7.10. The lowest BCUT2D eigenvalue weighted by Gasteiger charge is -2.22. The minimum absolute atomic E-state index is 0.0686. The van der Waals surface area contributed by atoms with Gasteiger partial charge in [-0.1, -0.05) is 26.8 Å². The van der Waals surface area contributed by atoms with Gasteiger partial charge in [-0.2, -0.15) is 5.26 Å². The molecule has 0 aliphatic rings. The molecule has 0 amide bonds. The van der Waals surface area contributed by atoms with Crippen LogP contribution in [0.2, 0.25) is 0 Å². The lowest BCUT2D eigenvalue weighted by Crippen LogP contribution is -2.31. The van der Waals surface area contributed by atoms with E-state index in [-0.39, 0.29) is 5.41 Å². The number of pyridine rings is 1. The number of fused-ring (bicyclic) bond motifs is 1. The van der Waals surface area contributed by atoms with Gasteiger partial charge in [-0.3, -0.25) is 4.85 Å². The van der Waals surface area contributed by atoms with Gasteiger partial charge >= 0.3 is 6.04 Å². The van der Waals surface area contributed by atoms with Crippen LogP contribution in [0.4, 0.5) is 0 Å². The summed E-state index contributed by atoms with van der Waals surface area (Å²) in [5.41, 5.74) is 7.08. The van der Waals surface area contributed by atoms with Crippen molar-refractivity contribution >= 4 is 10.8 Å². The summed E-state index contributed by atoms with van der Waals surface area (Å²) in [4.78, 5) is 3.43. The van der Waals surface area contributed by atoms with Gasteiger partial charge in [0, 0.05) is 11.6 Å². The number of rotatable bonds is 2. The van der Waals surface area contributed by atoms with E-state index in [4.69, 9.17) is 6.57 Å². The van der Waals surface area contributed by atoms with Crippen molar-refractivity contribution < 1.29 is 4.57 Å². The lowest BCUT2D eigenvalue weighted by atomic mass is 9.82. The summed E-state index contributed by atoms with van der Waals surface area (Å²) in [6.07, 6.45) is 2.05. The van der Waals surface area contributed by atoms with E-state index in [0.717, 1.165) is 22.0 Å². The quantitative estimate of drug-likeness (QED) is 0.420. The fourth-order valence-corrected chi connectivity index (χ4v) is 3.61. The van der Waals surface area contributed by atoms with Crippen LogP contribution in [0, 0.1) is 31.8 Å². The number of benzene rings is 2. The first-order valence-electron chi connectivity index (χ1n) is 9.48. The Balaban J connectivity index is 2.33. The summed E-state index contributed by atoms with van der Waals surface area (Å²) in [5, 5.41) is 11.4. The van der Waals surface area contributed by atoms with Gasteiger partial charge in [0.15, 0.2) is 12.3 Å². The van der Waals surface area contributed by atoms with E-state index in [1.165, 1.54) is 22.3 Å². The lowest BCUT2D eigenvalue weighted by molar-refractivity contribution is -0.659. The topological polar surface area (TPSA) is 32.0 Å². The molecule has 2 aromatic carbocycles. The Labute approximate surface area is 167 Å². The van der Waals surface area contributed by atoms with Gasteiger partial charge in [-0.05, 0) is 65.6 Å². The summed E-state index contributed by atoms with van der Waals surface area (Å²) >= 11 is 0. The van der Waals surface area contributed by atoms with Gasteiger partial charge in [0.05, 0.1) is 10.9 Å². The molecule has 3 aromatic rings. The minimum atomic E-state index is -0.755. The van der Waals surface area contributed by atoms with Crippen LogP contribution in [-0.2, 0) is 12.5 Å². The number of hydrogen-bond acceptors (Lipinski definition) is 1. The first-order valence-corrected chi connectivity index (χ1v) is 9.48. The third-order valence-electron chi connectivity index (χ3n) is 5.52. The summed E-state index contributed by atoms with van der Waals surface area (Å²) in [7, 11) is 2.07. The molecule has 0 saturated heterocycles. The maximum atomic E-state index is 9.23. The average molecular weight is 369 g/mol. The molecular weight excluding hydrogens is 342 g/mol. The zero-order valence-corrected chi connectivity index (χ0v) is 17.5. The van der Waals surface area contributed by atoms with Gasteiger partial charge in [-0.15, -0.1) is 0 Å². The number of hydrogen-bond donors (Lipinski definition) is 0. The van der Waals surface area contributed by atoms with E-state index >= 15 is 0 Å². The third kappa shape index (κ3) is 3.37. The molecule has 0 N–H and O–H groups in total. The SMILES string of the molecule is [C-]#[N+]C(C#N)c1ccc2c(-c3cc(C(C)(C)C)cc(C)c3C)[n+](C)ccc2c1. The Morgan fingerprint density at radius 1 is 1.11 bits per heavy atom. The van der Waals surface area contributed by atoms with Crippen molar-refractivity contribution in [3.05, 3.63) is 76.3 Å². The molecule has 1 unspecified atom stereocenters. The molecule has 3 nitrogen and oxygen atoms in total. The zero-order chi connectivity index (χ0) is 20.6. The molecule has 140 valence electrons. The van der Waals surface area contributed by atoms with Crippen LogP contribution < -0.4 is 4.57 Å². The van der Waals surface area contributed by atoms with Gasteiger partial charge in [0.25, 0.3) is 0 Å². The fraction of sp³-hybridized carbons (Fsp3) is 0.320. The highest BCUT2D eigenvalue weighted by Gasteiger charge is 2.23. The van der Waals surface area contributed by atoms with Crippen molar-refractivity contribution in [2.75, 3.05) is 0 Å². The molecule has 0 saturated carbocycles. The van der Waals surface area contributed by atoms with Crippen LogP contribution in [0.25, 0.3) is 26.9 Å². The van der Waals surface area contributed by atoms with E-state index < -0.39 is 6.04 Å². The molecule has 1 atom stereocenters. The Morgan fingerprint density at radius 3 is 2.43 bits per heavy atom. The van der Waals surface area contributed by atoms with Crippen LogP contribution in [-0.4, -0.2) is 0 Å². The van der Waals surface area contributed by atoms with Crippen molar-refractivity contribution in [3.8, 4) is 17.3 Å². The molecule has 0 bridgehead atoms. The Bertz CT molecular complexity index is 1140. The summed E-state index contributed by atoms with van der Waals surface area (Å²) in [6.45, 7) is 18.3. The zero-order valence-electron chi connectivity index (χ0n) is 17.5. The Morgan fingerprint density at radius 2 is 1.82 bits per heavy atom. The highest BCUT2D eigenvalue weighted by molar-refractivity contribution is 5.94. The van der Waals surface area contributed by atoms with Gasteiger partial charge < -0.3 is 0 Å². The molecule has 0 aliphatic carbocycles. The van der Waals surface area contributed by atoms with E-state index in [1.807, 2.05) is 18.2 Å². The van der Waals surface area contributed by atoms with E-state index in [0.29, 0.717) is 0 Å². The van der Waals surface area contributed by atoms with Crippen LogP contribution in [0.3, 0.4) is 0 Å². The number of aromatic nitrogens is 1. The van der Waals surface area contributed by atoms with E-state index in [9.17, 15) is 5.26 Å². The van der Waals surface area contributed by atoms with E-state index in [2.05, 4.69) is 81.5 Å². The monoisotopic (exact) mass is 368 g/mol. The summed E-state index contributed by atoms with van der Waals surface area (Å²) < 4.78 is 2.16. The predicted octanol–water partition coefficient (Wildman–Crippen LogP) is 5.73. The predicted molar refractivity (Wildman–Crippen MR) is 114 cm³/mol. The number of nitriles is 1. The number of nitrogens with zero attached hydrogens (tertiary/aromatic N) is 3. The smallest absolute Gasteiger partial charge is 0.292 e. The molecule has 0 radical (unpaired) electrons. The second-order valence-electron chi connectivity index (χ2n) is 8.50. The van der Waals surface area contributed by atoms with Crippen molar-refractivity contribution in [1.29, 1.82) is 5.26 Å². The second-order valence-corrected chi connectivity index (χ2v) is 8.50. The van der Waals surface area contributed by atoms with Crippen LogP contribution in [0.15, 0.2) is 42.6 Å². The third-order valence-corrected chi connectivity index (χ3v) is 5.52. The molecule has 28 heavy (non-hydrogen) atoms. The maximum absolute atomic E-state index is 9.23. The molecule has 3 heteroatoms. The fourth-order valence-electron chi connectivity index (χ4n) is 3.61. The van der Waals surface area contributed by atoms with Crippen LogP contribution in [0.1, 0.15) is 49.1 Å². The molecule has 0 spiro atoms. The van der Waals surface area contributed by atoms with Crippen molar-refractivity contribution in [3.63, 3.8) is 0 Å². The van der Waals surface area contributed by atoms with Crippen molar-refractivity contribution in [1.82, 2.24) is 0 Å². The van der Waals surface area contributed by atoms with Crippen molar-refractivity contribution in [2.24, 2.45) is 7.05 Å². The molecule has 0 fully saturated rings. The summed E-state index contributed by atoms with van der Waals surface area (Å²) in [5.74, 6) is 0. The highest BCUT2D eigenvalue weighted by Crippen LogP contribution is 2.35. The molecule has 1 heterocycles. The van der Waals surface area contributed by atoms with Crippen molar-refractivity contribution in [2.45, 2.75) is 46.1 Å². The molecule has 3 rings (SSSR count). The molecular formula is C25H26N3+. The highest BCUT2D eigenvalue weighted by atomic mass is 14.9. The van der Waals surface area contributed by atoms with Crippen LogP contribution >= 0.6 is 0 Å². The normalized spacial score (nSPS) is 12.4. The summed E-state index contributed by atoms with van der Waals surface area (Å²) in [6, 6.07) is 13.9. The van der Waals surface area contributed by atoms with Crippen LogP contribution in [0.5, 0.6) is 0 Å². The standard InChI is InChI=1S/C25H26N3/c1-16-12-20(25(3,4)5)14-22(17(16)2)24-21-9-8-19(23(15-26)27-6)13-18(21)10-11-28(24)7/h8-14,23H,1-5,7H3/q+1. The largest absolute Gasteiger partial charge is 0.332 e. The average Bonchev–Trinajstić information content (AvgIpc) is 2.64. The first kappa shape index (κ1) is 19.6. The Hall–Kier alpha value is -3.17. The van der Waals surface area contributed by atoms with E-state index in [1.54, 1.807) is 0 Å². The van der Waals surface area contributed by atoms with Gasteiger partial charge in [-0.25, -0.2) is 11.1 Å². The number of aryl methyl sites for hydroxylation is 2. The maximum Gasteiger partial charge on any atom is 0.332 e.